The minimum atomic E-state index is 0.108. The lowest BCUT2D eigenvalue weighted by molar-refractivity contribution is 0.105. The summed E-state index contributed by atoms with van der Waals surface area (Å²) in [5.41, 5.74) is 1.23. The Morgan fingerprint density at radius 3 is 2.78 bits per heavy atom. The first-order valence-corrected chi connectivity index (χ1v) is 7.80. The summed E-state index contributed by atoms with van der Waals surface area (Å²) in [6.07, 6.45) is 4.82. The van der Waals surface area contributed by atoms with E-state index in [1.807, 2.05) is 0 Å². The van der Waals surface area contributed by atoms with Gasteiger partial charge in [-0.2, -0.15) is 0 Å². The van der Waals surface area contributed by atoms with E-state index in [9.17, 15) is 0 Å². The maximum Gasteiger partial charge on any atom is 0.159 e. The first-order valence-electron chi connectivity index (χ1n) is 6.72. The van der Waals surface area contributed by atoms with E-state index in [1.165, 1.54) is 22.1 Å². The Hall–Kier alpha value is -0.430. The van der Waals surface area contributed by atoms with Gasteiger partial charge in [-0.25, -0.2) is 9.97 Å². The normalized spacial score (nSPS) is 23.3. The van der Waals surface area contributed by atoms with Crippen LogP contribution in [0.15, 0.2) is 0 Å². The number of hydrogen-bond donors (Lipinski definition) is 1. The lowest BCUT2D eigenvalue weighted by atomic mass is 10.2. The average molecular weight is 359 g/mol. The molecule has 2 fully saturated rings. The molecule has 1 aromatic rings. The van der Waals surface area contributed by atoms with Crippen LogP contribution in [0.1, 0.15) is 56.1 Å². The Labute approximate surface area is 121 Å². The summed E-state index contributed by atoms with van der Waals surface area (Å²) in [5, 5.41) is 3.35. The second-order valence-electron chi connectivity index (χ2n) is 4.94. The van der Waals surface area contributed by atoms with Gasteiger partial charge in [-0.05, 0) is 55.2 Å². The van der Waals surface area contributed by atoms with Crippen LogP contribution in [0.5, 0.6) is 0 Å². The number of anilines is 1. The Bertz CT molecular complexity index is 442. The van der Waals surface area contributed by atoms with Crippen LogP contribution >= 0.6 is 22.6 Å². The van der Waals surface area contributed by atoms with Gasteiger partial charge in [0, 0.05) is 19.1 Å². The molecule has 5 heteroatoms. The number of nitrogens with zero attached hydrogens (tertiary/aromatic N) is 2. The number of halogens is 1. The Morgan fingerprint density at radius 2 is 2.17 bits per heavy atom. The first kappa shape index (κ1) is 12.6. The van der Waals surface area contributed by atoms with Crippen molar-refractivity contribution in [2.75, 3.05) is 18.5 Å². The maximum atomic E-state index is 5.71. The molecule has 4 nitrogen and oxygen atoms in total. The van der Waals surface area contributed by atoms with Gasteiger partial charge in [0.15, 0.2) is 5.82 Å². The van der Waals surface area contributed by atoms with E-state index in [1.54, 1.807) is 0 Å². The highest BCUT2D eigenvalue weighted by Crippen LogP contribution is 2.43. The number of nitrogens with one attached hydrogen (secondary N) is 1. The minimum Gasteiger partial charge on any atom is -0.370 e. The number of hydrogen-bond acceptors (Lipinski definition) is 4. The molecule has 2 aliphatic rings. The van der Waals surface area contributed by atoms with Gasteiger partial charge in [-0.3, -0.25) is 0 Å². The van der Waals surface area contributed by atoms with Gasteiger partial charge in [0.25, 0.3) is 0 Å². The zero-order valence-electron chi connectivity index (χ0n) is 10.6. The third-order valence-electron chi connectivity index (χ3n) is 3.42. The van der Waals surface area contributed by atoms with Crippen molar-refractivity contribution in [3.8, 4) is 0 Å². The van der Waals surface area contributed by atoms with E-state index in [-0.39, 0.29) is 6.10 Å². The molecule has 0 aromatic carbocycles. The second kappa shape index (κ2) is 5.28. The van der Waals surface area contributed by atoms with Crippen molar-refractivity contribution in [2.45, 2.75) is 44.6 Å². The van der Waals surface area contributed by atoms with Crippen LogP contribution in [0.3, 0.4) is 0 Å². The van der Waals surface area contributed by atoms with E-state index in [0.717, 1.165) is 37.6 Å². The summed E-state index contributed by atoms with van der Waals surface area (Å²) in [6, 6.07) is 0. The Morgan fingerprint density at radius 1 is 1.33 bits per heavy atom. The standard InChI is InChI=1S/C13H18IN3O/c1-2-15-13-10(14)11(8-5-6-8)16-12(17-13)9-4-3-7-18-9/h8-9H,2-7H2,1H3,(H,15,16,17). The van der Waals surface area contributed by atoms with Gasteiger partial charge in [-0.1, -0.05) is 0 Å². The largest absolute Gasteiger partial charge is 0.370 e. The predicted octanol–water partition coefficient (Wildman–Crippen LogP) is 3.24. The monoisotopic (exact) mass is 359 g/mol. The van der Waals surface area contributed by atoms with Gasteiger partial charge in [-0.15, -0.1) is 0 Å². The quantitative estimate of drug-likeness (QED) is 0.839. The van der Waals surface area contributed by atoms with Gasteiger partial charge < -0.3 is 10.1 Å². The smallest absolute Gasteiger partial charge is 0.159 e. The fraction of sp³-hybridized carbons (Fsp3) is 0.692. The third kappa shape index (κ3) is 2.47. The molecule has 2 heterocycles. The van der Waals surface area contributed by atoms with Gasteiger partial charge in [0.05, 0.1) is 9.26 Å². The van der Waals surface area contributed by atoms with E-state index >= 15 is 0 Å². The van der Waals surface area contributed by atoms with E-state index in [0.29, 0.717) is 5.92 Å². The van der Waals surface area contributed by atoms with Crippen LogP contribution in [0.2, 0.25) is 0 Å². The van der Waals surface area contributed by atoms with Crippen molar-refractivity contribution in [3.05, 3.63) is 15.1 Å². The first-order chi connectivity index (χ1) is 8.79. The van der Waals surface area contributed by atoms with Gasteiger partial charge in [0.2, 0.25) is 0 Å². The van der Waals surface area contributed by atoms with Crippen LogP contribution in [0.25, 0.3) is 0 Å². The molecule has 0 spiro atoms. The fourth-order valence-corrected chi connectivity index (χ4v) is 3.19. The molecule has 1 saturated carbocycles. The molecule has 3 rings (SSSR count). The lowest BCUT2D eigenvalue weighted by Gasteiger charge is -2.14. The zero-order chi connectivity index (χ0) is 12.5. The van der Waals surface area contributed by atoms with E-state index in [2.05, 4.69) is 39.8 Å². The third-order valence-corrected chi connectivity index (χ3v) is 4.48. The highest BCUT2D eigenvalue weighted by atomic mass is 127. The van der Waals surface area contributed by atoms with Gasteiger partial charge in [0.1, 0.15) is 11.9 Å². The molecule has 18 heavy (non-hydrogen) atoms. The summed E-state index contributed by atoms with van der Waals surface area (Å²) in [5.74, 6) is 2.52. The molecule has 1 unspecified atom stereocenters. The average Bonchev–Trinajstić information content (AvgIpc) is 3.06. The molecule has 1 aliphatic heterocycles. The van der Waals surface area contributed by atoms with Gasteiger partial charge >= 0.3 is 0 Å². The van der Waals surface area contributed by atoms with Crippen LogP contribution in [-0.2, 0) is 4.74 Å². The van der Waals surface area contributed by atoms with Crippen LogP contribution in [0.4, 0.5) is 5.82 Å². The molecule has 98 valence electrons. The Kier molecular flexibility index (Phi) is 3.70. The minimum absolute atomic E-state index is 0.108. The van der Waals surface area contributed by atoms with Crippen LogP contribution < -0.4 is 5.32 Å². The molecule has 1 atom stereocenters. The second-order valence-corrected chi connectivity index (χ2v) is 6.01. The molecule has 1 aromatic heterocycles. The zero-order valence-corrected chi connectivity index (χ0v) is 12.7. The van der Waals surface area contributed by atoms with Crippen molar-refractivity contribution < 1.29 is 4.74 Å². The van der Waals surface area contributed by atoms with Crippen molar-refractivity contribution in [1.82, 2.24) is 9.97 Å². The van der Waals surface area contributed by atoms with Crippen molar-refractivity contribution in [1.29, 1.82) is 0 Å². The summed E-state index contributed by atoms with van der Waals surface area (Å²) in [7, 11) is 0. The van der Waals surface area contributed by atoms with E-state index < -0.39 is 0 Å². The topological polar surface area (TPSA) is 47.0 Å². The molecular weight excluding hydrogens is 341 g/mol. The molecule has 1 N–H and O–H groups in total. The summed E-state index contributed by atoms with van der Waals surface area (Å²) >= 11 is 2.37. The maximum absolute atomic E-state index is 5.71. The highest BCUT2D eigenvalue weighted by Gasteiger charge is 2.31. The lowest BCUT2D eigenvalue weighted by Crippen LogP contribution is -2.12. The number of ether oxygens (including phenoxy) is 1. The molecule has 1 saturated heterocycles. The van der Waals surface area contributed by atoms with Crippen LogP contribution in [-0.4, -0.2) is 23.1 Å². The molecule has 0 radical (unpaired) electrons. The molecule has 1 aliphatic carbocycles. The molecule has 0 bridgehead atoms. The fourth-order valence-electron chi connectivity index (χ4n) is 2.32. The summed E-state index contributed by atoms with van der Waals surface area (Å²) in [4.78, 5) is 9.44. The highest BCUT2D eigenvalue weighted by molar-refractivity contribution is 14.1. The number of rotatable bonds is 4. The van der Waals surface area contributed by atoms with Crippen LogP contribution in [0, 0.1) is 3.57 Å². The predicted molar refractivity (Wildman–Crippen MR) is 78.8 cm³/mol. The van der Waals surface area contributed by atoms with E-state index in [4.69, 9.17) is 9.72 Å². The summed E-state index contributed by atoms with van der Waals surface area (Å²) < 4.78 is 6.91. The molecular formula is C13H18IN3O. The SMILES string of the molecule is CCNc1nc(C2CCCO2)nc(C2CC2)c1I. The van der Waals surface area contributed by atoms with Crippen molar-refractivity contribution in [3.63, 3.8) is 0 Å². The molecule has 0 amide bonds. The van der Waals surface area contributed by atoms with Crippen molar-refractivity contribution in [2.24, 2.45) is 0 Å². The Balaban J connectivity index is 1.97. The number of aromatic nitrogens is 2. The summed E-state index contributed by atoms with van der Waals surface area (Å²) in [6.45, 7) is 3.83. The van der Waals surface area contributed by atoms with Crippen molar-refractivity contribution >= 4 is 28.4 Å².